The first-order chi connectivity index (χ1) is 9.89. The van der Waals surface area contributed by atoms with Crippen molar-refractivity contribution >= 4 is 5.91 Å². The molecule has 0 aromatic heterocycles. The van der Waals surface area contributed by atoms with Crippen molar-refractivity contribution in [3.63, 3.8) is 0 Å². The van der Waals surface area contributed by atoms with Crippen molar-refractivity contribution in [2.24, 2.45) is 5.73 Å². The third-order valence-corrected chi connectivity index (χ3v) is 3.77. The van der Waals surface area contributed by atoms with Gasteiger partial charge in [0.05, 0.1) is 12.1 Å². The van der Waals surface area contributed by atoms with Crippen LogP contribution in [0.25, 0.3) is 0 Å². The SMILES string of the molecule is CCNC(C)(CCCCOc1ccc(C)cc1C)C(N)=O. The number of amides is 1. The maximum atomic E-state index is 11.5. The van der Waals surface area contributed by atoms with Crippen molar-refractivity contribution in [2.75, 3.05) is 13.2 Å². The molecule has 0 radical (unpaired) electrons. The lowest BCUT2D eigenvalue weighted by molar-refractivity contribution is -0.124. The molecule has 0 saturated carbocycles. The van der Waals surface area contributed by atoms with Crippen molar-refractivity contribution in [2.45, 2.75) is 52.5 Å². The minimum atomic E-state index is -0.617. The summed E-state index contributed by atoms with van der Waals surface area (Å²) in [6.07, 6.45) is 2.53. The fourth-order valence-corrected chi connectivity index (χ4v) is 2.41. The summed E-state index contributed by atoms with van der Waals surface area (Å²) in [7, 11) is 0. The molecule has 118 valence electrons. The molecule has 1 aromatic carbocycles. The number of hydrogen-bond acceptors (Lipinski definition) is 3. The highest BCUT2D eigenvalue weighted by atomic mass is 16.5. The van der Waals surface area contributed by atoms with Gasteiger partial charge in [-0.3, -0.25) is 4.79 Å². The Morgan fingerprint density at radius 2 is 2.05 bits per heavy atom. The second kappa shape index (κ2) is 8.03. The van der Waals surface area contributed by atoms with Gasteiger partial charge in [0.2, 0.25) is 5.91 Å². The van der Waals surface area contributed by atoms with E-state index in [-0.39, 0.29) is 5.91 Å². The molecule has 1 unspecified atom stereocenters. The van der Waals surface area contributed by atoms with Gasteiger partial charge < -0.3 is 15.8 Å². The average molecular weight is 292 g/mol. The Hall–Kier alpha value is -1.55. The van der Waals surface area contributed by atoms with Gasteiger partial charge in [0.1, 0.15) is 5.75 Å². The van der Waals surface area contributed by atoms with Crippen LogP contribution in [0.4, 0.5) is 0 Å². The van der Waals surface area contributed by atoms with Crippen LogP contribution in [-0.4, -0.2) is 24.6 Å². The van der Waals surface area contributed by atoms with Crippen LogP contribution in [0.3, 0.4) is 0 Å². The van der Waals surface area contributed by atoms with Crippen LogP contribution < -0.4 is 15.8 Å². The summed E-state index contributed by atoms with van der Waals surface area (Å²) >= 11 is 0. The summed E-state index contributed by atoms with van der Waals surface area (Å²) in [5.41, 5.74) is 7.24. The predicted molar refractivity (Wildman–Crippen MR) is 86.5 cm³/mol. The van der Waals surface area contributed by atoms with Gasteiger partial charge in [-0.15, -0.1) is 0 Å². The summed E-state index contributed by atoms with van der Waals surface area (Å²) in [5.74, 6) is 0.643. The molecule has 0 aliphatic rings. The fourth-order valence-electron chi connectivity index (χ4n) is 2.41. The van der Waals surface area contributed by atoms with Crippen LogP contribution in [0.15, 0.2) is 18.2 Å². The largest absolute Gasteiger partial charge is 0.493 e. The Morgan fingerprint density at radius 1 is 1.33 bits per heavy atom. The molecule has 4 heteroatoms. The number of rotatable bonds is 9. The molecular weight excluding hydrogens is 264 g/mol. The predicted octanol–water partition coefficient (Wildman–Crippen LogP) is 2.71. The van der Waals surface area contributed by atoms with E-state index in [9.17, 15) is 4.79 Å². The molecular formula is C17H28N2O2. The van der Waals surface area contributed by atoms with Crippen molar-refractivity contribution in [3.8, 4) is 5.75 Å². The molecule has 21 heavy (non-hydrogen) atoms. The fraction of sp³-hybridized carbons (Fsp3) is 0.588. The quantitative estimate of drug-likeness (QED) is 0.688. The maximum Gasteiger partial charge on any atom is 0.237 e. The topological polar surface area (TPSA) is 64.3 Å². The first-order valence-corrected chi connectivity index (χ1v) is 7.64. The number of carbonyl (C=O) groups is 1. The highest BCUT2D eigenvalue weighted by molar-refractivity contribution is 5.84. The first kappa shape index (κ1) is 17.5. The summed E-state index contributed by atoms with van der Waals surface area (Å²) < 4.78 is 5.79. The molecule has 0 saturated heterocycles. The summed E-state index contributed by atoms with van der Waals surface area (Å²) in [5, 5.41) is 3.17. The molecule has 1 rings (SSSR count). The number of likely N-dealkylation sites (N-methyl/N-ethyl adjacent to an activating group) is 1. The van der Waals surface area contributed by atoms with Crippen LogP contribution in [0.1, 0.15) is 44.2 Å². The van der Waals surface area contributed by atoms with Gasteiger partial charge in [0.25, 0.3) is 0 Å². The van der Waals surface area contributed by atoms with Crippen molar-refractivity contribution in [1.82, 2.24) is 5.32 Å². The van der Waals surface area contributed by atoms with E-state index in [0.29, 0.717) is 6.61 Å². The van der Waals surface area contributed by atoms with Crippen LogP contribution in [-0.2, 0) is 4.79 Å². The van der Waals surface area contributed by atoms with Gasteiger partial charge in [0.15, 0.2) is 0 Å². The molecule has 1 atom stereocenters. The van der Waals surface area contributed by atoms with Crippen molar-refractivity contribution < 1.29 is 9.53 Å². The molecule has 1 amide bonds. The van der Waals surface area contributed by atoms with Gasteiger partial charge in [-0.05, 0) is 58.2 Å². The van der Waals surface area contributed by atoms with Gasteiger partial charge in [-0.25, -0.2) is 0 Å². The number of benzene rings is 1. The van der Waals surface area contributed by atoms with Gasteiger partial charge >= 0.3 is 0 Å². The number of ether oxygens (including phenoxy) is 1. The molecule has 0 spiro atoms. The number of primary amides is 1. The van der Waals surface area contributed by atoms with Gasteiger partial charge in [-0.2, -0.15) is 0 Å². The van der Waals surface area contributed by atoms with E-state index < -0.39 is 5.54 Å². The zero-order chi connectivity index (χ0) is 15.9. The molecule has 4 nitrogen and oxygen atoms in total. The number of unbranched alkanes of at least 4 members (excludes halogenated alkanes) is 1. The molecule has 1 aromatic rings. The van der Waals surface area contributed by atoms with E-state index in [1.165, 1.54) is 5.56 Å². The van der Waals surface area contributed by atoms with Crippen molar-refractivity contribution in [3.05, 3.63) is 29.3 Å². The molecule has 0 bridgehead atoms. The third-order valence-electron chi connectivity index (χ3n) is 3.77. The number of aryl methyl sites for hydroxylation is 2. The van der Waals surface area contributed by atoms with Gasteiger partial charge in [0, 0.05) is 0 Å². The number of nitrogens with two attached hydrogens (primary N) is 1. The normalized spacial score (nSPS) is 13.7. The summed E-state index contributed by atoms with van der Waals surface area (Å²) in [6, 6.07) is 6.18. The lowest BCUT2D eigenvalue weighted by Gasteiger charge is -2.26. The number of hydrogen-bond donors (Lipinski definition) is 2. The summed E-state index contributed by atoms with van der Waals surface area (Å²) in [6.45, 7) is 9.36. The van der Waals surface area contributed by atoms with E-state index in [1.807, 2.05) is 19.9 Å². The summed E-state index contributed by atoms with van der Waals surface area (Å²) in [4.78, 5) is 11.5. The minimum absolute atomic E-state index is 0.292. The van der Waals surface area contributed by atoms with E-state index in [0.717, 1.165) is 37.1 Å². The van der Waals surface area contributed by atoms with Crippen LogP contribution in [0.2, 0.25) is 0 Å². The number of nitrogens with one attached hydrogen (secondary N) is 1. The Morgan fingerprint density at radius 3 is 2.62 bits per heavy atom. The Labute approximate surface area is 128 Å². The van der Waals surface area contributed by atoms with Crippen LogP contribution >= 0.6 is 0 Å². The second-order valence-corrected chi connectivity index (χ2v) is 5.80. The molecule has 0 aliphatic heterocycles. The lowest BCUT2D eigenvalue weighted by Crippen LogP contribution is -2.53. The third kappa shape index (κ3) is 5.38. The average Bonchev–Trinajstić information content (AvgIpc) is 2.40. The zero-order valence-corrected chi connectivity index (χ0v) is 13.7. The minimum Gasteiger partial charge on any atom is -0.493 e. The molecule has 0 aliphatic carbocycles. The number of carbonyl (C=O) groups excluding carboxylic acids is 1. The van der Waals surface area contributed by atoms with E-state index in [1.54, 1.807) is 0 Å². The monoisotopic (exact) mass is 292 g/mol. The highest BCUT2D eigenvalue weighted by Crippen LogP contribution is 2.19. The van der Waals surface area contributed by atoms with Crippen LogP contribution in [0, 0.1) is 13.8 Å². The van der Waals surface area contributed by atoms with Crippen molar-refractivity contribution in [1.29, 1.82) is 0 Å². The first-order valence-electron chi connectivity index (χ1n) is 7.64. The molecule has 0 fully saturated rings. The standard InChI is InChI=1S/C17H28N2O2/c1-5-19-17(4,16(18)20)10-6-7-11-21-15-9-8-13(2)12-14(15)3/h8-9,12,19H,5-7,10-11H2,1-4H3,(H2,18,20). The molecule has 0 heterocycles. The highest BCUT2D eigenvalue weighted by Gasteiger charge is 2.28. The van der Waals surface area contributed by atoms with Gasteiger partial charge in [-0.1, -0.05) is 24.6 Å². The van der Waals surface area contributed by atoms with E-state index >= 15 is 0 Å². The molecule has 3 N–H and O–H groups in total. The smallest absolute Gasteiger partial charge is 0.237 e. The second-order valence-electron chi connectivity index (χ2n) is 5.80. The lowest BCUT2D eigenvalue weighted by atomic mass is 9.94. The van der Waals surface area contributed by atoms with Crippen LogP contribution in [0.5, 0.6) is 5.75 Å². The zero-order valence-electron chi connectivity index (χ0n) is 13.7. The van der Waals surface area contributed by atoms with E-state index in [4.69, 9.17) is 10.5 Å². The maximum absolute atomic E-state index is 11.5. The Balaban J connectivity index is 2.35. The Bertz CT molecular complexity index is 474. The Kier molecular flexibility index (Phi) is 6.69. The van der Waals surface area contributed by atoms with E-state index in [2.05, 4.69) is 31.3 Å².